The number of phenols is 2. The maximum absolute atomic E-state index is 13.2. The summed E-state index contributed by atoms with van der Waals surface area (Å²) < 4.78 is 5.46. The van der Waals surface area contributed by atoms with Gasteiger partial charge in [-0.3, -0.25) is 9.59 Å². The molecule has 1 unspecified atom stereocenters. The van der Waals surface area contributed by atoms with Gasteiger partial charge >= 0.3 is 5.97 Å². The van der Waals surface area contributed by atoms with Crippen molar-refractivity contribution in [3.8, 4) is 11.5 Å². The van der Waals surface area contributed by atoms with E-state index in [1.807, 2.05) is 13.8 Å². The Morgan fingerprint density at radius 1 is 1.10 bits per heavy atom. The molecule has 30 heavy (non-hydrogen) atoms. The summed E-state index contributed by atoms with van der Waals surface area (Å²) in [5.74, 6) is -2.75. The van der Waals surface area contributed by atoms with E-state index in [2.05, 4.69) is 0 Å². The molecule has 160 valence electrons. The molecule has 0 radical (unpaired) electrons. The first kappa shape index (κ1) is 22.9. The van der Waals surface area contributed by atoms with E-state index in [4.69, 9.17) is 4.74 Å². The number of ether oxygens (including phenoxy) is 1. The van der Waals surface area contributed by atoms with Crippen LogP contribution in [0.5, 0.6) is 11.5 Å². The van der Waals surface area contributed by atoms with Crippen LogP contribution in [0.25, 0.3) is 0 Å². The summed E-state index contributed by atoms with van der Waals surface area (Å²) in [6.07, 6.45) is 3.34. The Morgan fingerprint density at radius 3 is 2.27 bits per heavy atom. The quantitative estimate of drug-likeness (QED) is 0.317. The lowest BCUT2D eigenvalue weighted by molar-refractivity contribution is -0.141. The zero-order valence-electron chi connectivity index (χ0n) is 18.1. The topological polar surface area (TPSA) is 104 Å². The van der Waals surface area contributed by atoms with E-state index >= 15 is 0 Å². The number of esters is 1. The van der Waals surface area contributed by atoms with Gasteiger partial charge in [-0.1, -0.05) is 17.2 Å². The molecule has 0 saturated heterocycles. The van der Waals surface area contributed by atoms with E-state index in [9.17, 15) is 24.6 Å². The first-order valence-corrected chi connectivity index (χ1v) is 9.49. The van der Waals surface area contributed by atoms with Gasteiger partial charge < -0.3 is 19.8 Å². The highest BCUT2D eigenvalue weighted by molar-refractivity contribution is 6.27. The number of allylic oxidation sites excluding steroid dienone is 3. The molecule has 1 atom stereocenters. The van der Waals surface area contributed by atoms with Gasteiger partial charge in [0.2, 0.25) is 0 Å². The lowest BCUT2D eigenvalue weighted by atomic mass is 9.84. The molecule has 0 saturated carbocycles. The zero-order chi connectivity index (χ0) is 22.7. The Hall–Kier alpha value is -3.35. The molecule has 0 spiro atoms. The Balaban J connectivity index is 2.57. The van der Waals surface area contributed by atoms with Crippen molar-refractivity contribution in [2.45, 2.75) is 40.2 Å². The van der Waals surface area contributed by atoms with Crippen molar-refractivity contribution in [3.63, 3.8) is 0 Å². The Kier molecular flexibility index (Phi) is 6.87. The smallest absolute Gasteiger partial charge is 0.331 e. The summed E-state index contributed by atoms with van der Waals surface area (Å²) in [6, 6.07) is 1.22. The number of carbonyl (C=O) groups is 3. The summed E-state index contributed by atoms with van der Waals surface area (Å²) in [6.45, 7) is 7.19. The van der Waals surface area contributed by atoms with Crippen LogP contribution in [0.4, 0.5) is 5.69 Å². The van der Waals surface area contributed by atoms with Gasteiger partial charge in [-0.2, -0.15) is 0 Å². The molecule has 0 heterocycles. The van der Waals surface area contributed by atoms with Gasteiger partial charge in [0.25, 0.3) is 0 Å². The van der Waals surface area contributed by atoms with Crippen LogP contribution in [0.15, 0.2) is 41.0 Å². The lowest BCUT2D eigenvalue weighted by Crippen LogP contribution is -2.29. The molecule has 2 rings (SSSR count). The molecule has 2 N–H and O–H groups in total. The van der Waals surface area contributed by atoms with Crippen LogP contribution in [0.1, 0.15) is 54.8 Å². The van der Waals surface area contributed by atoms with Crippen LogP contribution in [-0.2, 0) is 9.53 Å². The van der Waals surface area contributed by atoms with Crippen molar-refractivity contribution in [3.05, 3.63) is 52.1 Å². The summed E-state index contributed by atoms with van der Waals surface area (Å²) in [4.78, 5) is 39.7. The second-order valence-electron chi connectivity index (χ2n) is 7.87. The minimum atomic E-state index is -1.01. The molecule has 0 fully saturated rings. The van der Waals surface area contributed by atoms with Crippen molar-refractivity contribution in [1.82, 2.24) is 0 Å². The average Bonchev–Trinajstić information content (AvgIpc) is 2.62. The summed E-state index contributed by atoms with van der Waals surface area (Å²) in [5.41, 5.74) is 1.29. The minimum absolute atomic E-state index is 0.0483. The van der Waals surface area contributed by atoms with E-state index in [1.165, 1.54) is 17.0 Å². The second-order valence-corrected chi connectivity index (χ2v) is 7.87. The highest BCUT2D eigenvalue weighted by atomic mass is 16.5. The largest absolute Gasteiger partial charge is 0.507 e. The first-order valence-electron chi connectivity index (χ1n) is 9.49. The number of anilines is 1. The van der Waals surface area contributed by atoms with Crippen molar-refractivity contribution >= 4 is 23.2 Å². The third-order valence-electron chi connectivity index (χ3n) is 4.52. The molecular weight excluding hydrogens is 386 g/mol. The number of rotatable bonds is 6. The standard InChI is InChI=1S/C23H27NO6/c1-12(2)7-8-18(30-19(27)9-13(3)4)14-10-16(25)21-20(22(14)28)17(26)11-15(23(21)29)24(5)6/h7,9-11,18,26,29H,8H2,1-6H3. The molecule has 7 nitrogen and oxygen atoms in total. The fourth-order valence-electron chi connectivity index (χ4n) is 3.11. The number of phenolic OH excluding ortho intramolecular Hbond substituents is 2. The molecule has 1 aromatic rings. The number of benzene rings is 1. The normalized spacial score (nSPS) is 13.7. The van der Waals surface area contributed by atoms with Gasteiger partial charge in [-0.15, -0.1) is 0 Å². The molecule has 7 heteroatoms. The Morgan fingerprint density at radius 2 is 1.73 bits per heavy atom. The van der Waals surface area contributed by atoms with Crippen LogP contribution in [-0.4, -0.2) is 47.9 Å². The summed E-state index contributed by atoms with van der Waals surface area (Å²) in [7, 11) is 3.27. The molecule has 1 aliphatic rings. The third-order valence-corrected chi connectivity index (χ3v) is 4.52. The van der Waals surface area contributed by atoms with Crippen LogP contribution >= 0.6 is 0 Å². The maximum Gasteiger partial charge on any atom is 0.331 e. The number of ketones is 2. The SMILES string of the molecule is CC(C)=CCC(OC(=O)C=C(C)C)C1=CC(=O)c2c(O)c(N(C)C)cc(O)c2C1=O. The first-order chi connectivity index (χ1) is 13.9. The van der Waals surface area contributed by atoms with Crippen molar-refractivity contribution in [2.75, 3.05) is 19.0 Å². The summed E-state index contributed by atoms with van der Waals surface area (Å²) in [5, 5.41) is 21.0. The predicted octanol–water partition coefficient (Wildman–Crippen LogP) is 3.70. The predicted molar refractivity (Wildman–Crippen MR) is 114 cm³/mol. The fraction of sp³-hybridized carbons (Fsp3) is 0.348. The average molecular weight is 413 g/mol. The van der Waals surface area contributed by atoms with Crippen molar-refractivity contribution in [2.24, 2.45) is 0 Å². The van der Waals surface area contributed by atoms with Crippen LogP contribution in [0.2, 0.25) is 0 Å². The van der Waals surface area contributed by atoms with Gasteiger partial charge in [0.15, 0.2) is 17.3 Å². The Bertz CT molecular complexity index is 989. The third kappa shape index (κ3) is 4.79. The van der Waals surface area contributed by atoms with E-state index in [1.54, 1.807) is 34.0 Å². The zero-order valence-corrected chi connectivity index (χ0v) is 18.1. The number of nitrogens with zero attached hydrogens (tertiary/aromatic N) is 1. The van der Waals surface area contributed by atoms with Crippen molar-refractivity contribution < 1.29 is 29.3 Å². The molecular formula is C23H27NO6. The summed E-state index contributed by atoms with van der Waals surface area (Å²) >= 11 is 0. The molecule has 0 bridgehead atoms. The van der Waals surface area contributed by atoms with Gasteiger partial charge in [0, 0.05) is 38.2 Å². The number of Topliss-reactive ketones (excluding diaryl/α,β-unsaturated/α-hetero) is 1. The number of hydrogen-bond donors (Lipinski definition) is 2. The van der Waals surface area contributed by atoms with Crippen LogP contribution in [0, 0.1) is 0 Å². The number of hydrogen-bond acceptors (Lipinski definition) is 7. The fourth-order valence-corrected chi connectivity index (χ4v) is 3.11. The lowest BCUT2D eigenvalue weighted by Gasteiger charge is -2.25. The van der Waals surface area contributed by atoms with Crippen LogP contribution in [0.3, 0.4) is 0 Å². The van der Waals surface area contributed by atoms with E-state index in [-0.39, 0.29) is 34.6 Å². The minimum Gasteiger partial charge on any atom is -0.507 e. The number of aromatic hydroxyl groups is 2. The second kappa shape index (κ2) is 8.98. The molecule has 0 amide bonds. The molecule has 0 aliphatic heterocycles. The molecule has 1 aliphatic carbocycles. The van der Waals surface area contributed by atoms with Gasteiger partial charge in [0.1, 0.15) is 11.9 Å². The molecule has 1 aromatic carbocycles. The molecule has 0 aromatic heterocycles. The monoisotopic (exact) mass is 413 g/mol. The Labute approximate surface area is 176 Å². The number of fused-ring (bicyclic) bond motifs is 1. The van der Waals surface area contributed by atoms with E-state index < -0.39 is 29.4 Å². The van der Waals surface area contributed by atoms with E-state index in [0.717, 1.165) is 17.2 Å². The van der Waals surface area contributed by atoms with Gasteiger partial charge in [-0.05, 0) is 33.8 Å². The van der Waals surface area contributed by atoms with Crippen LogP contribution < -0.4 is 4.90 Å². The van der Waals surface area contributed by atoms with Crippen molar-refractivity contribution in [1.29, 1.82) is 0 Å². The van der Waals surface area contributed by atoms with Gasteiger partial charge in [0.05, 0.1) is 16.8 Å². The number of carbonyl (C=O) groups excluding carboxylic acids is 3. The maximum atomic E-state index is 13.2. The van der Waals surface area contributed by atoms with Gasteiger partial charge in [-0.25, -0.2) is 4.79 Å². The van der Waals surface area contributed by atoms with E-state index in [0.29, 0.717) is 0 Å². The highest BCUT2D eigenvalue weighted by Gasteiger charge is 2.36. The highest BCUT2D eigenvalue weighted by Crippen LogP contribution is 2.42.